The Balaban J connectivity index is 0.000001000. The SMILES string of the molecule is C=Cc1ccc(C=C)cc1.[LiH]. The van der Waals surface area contributed by atoms with Crippen LogP contribution in [0.1, 0.15) is 11.1 Å². The molecule has 0 bridgehead atoms. The molecule has 1 heteroatoms. The molecule has 1 rings (SSSR count). The van der Waals surface area contributed by atoms with Crippen LogP contribution in [0.4, 0.5) is 0 Å². The molecule has 1 aromatic rings. The van der Waals surface area contributed by atoms with Crippen molar-refractivity contribution < 1.29 is 0 Å². The van der Waals surface area contributed by atoms with E-state index in [1.54, 1.807) is 0 Å². The predicted octanol–water partition coefficient (Wildman–Crippen LogP) is 2.32. The first-order valence-corrected chi connectivity index (χ1v) is 3.22. The van der Waals surface area contributed by atoms with Gasteiger partial charge in [-0.1, -0.05) is 49.6 Å². The molecular weight excluding hydrogens is 127 g/mol. The monoisotopic (exact) mass is 138 g/mol. The van der Waals surface area contributed by atoms with Gasteiger partial charge in [-0.3, -0.25) is 0 Å². The standard InChI is InChI=1S/C10H10.Li.H/c1-3-9-5-7-10(4-2)8-6-9;;/h3-8H,1-2H2;;. The van der Waals surface area contributed by atoms with Gasteiger partial charge in [0.1, 0.15) is 0 Å². The summed E-state index contributed by atoms with van der Waals surface area (Å²) in [5.74, 6) is 0. The van der Waals surface area contributed by atoms with Crippen molar-refractivity contribution in [2.45, 2.75) is 0 Å². The van der Waals surface area contributed by atoms with Crippen LogP contribution in [-0.2, 0) is 0 Å². The molecule has 0 saturated carbocycles. The van der Waals surface area contributed by atoms with Gasteiger partial charge in [0, 0.05) is 0 Å². The Morgan fingerprint density at radius 2 is 1.09 bits per heavy atom. The quantitative estimate of drug-likeness (QED) is 0.550. The summed E-state index contributed by atoms with van der Waals surface area (Å²) in [6, 6.07) is 8.07. The average molecular weight is 138 g/mol. The Morgan fingerprint density at radius 1 is 0.818 bits per heavy atom. The second-order valence-electron chi connectivity index (χ2n) is 2.07. The minimum absolute atomic E-state index is 0. The van der Waals surface area contributed by atoms with Crippen molar-refractivity contribution >= 4 is 31.0 Å². The minimum atomic E-state index is 0. The summed E-state index contributed by atoms with van der Waals surface area (Å²) >= 11 is 0. The molecule has 0 amide bonds. The molecule has 52 valence electrons. The third-order valence-corrected chi connectivity index (χ3v) is 1.41. The molecule has 11 heavy (non-hydrogen) atoms. The molecule has 0 spiro atoms. The van der Waals surface area contributed by atoms with Gasteiger partial charge < -0.3 is 0 Å². The van der Waals surface area contributed by atoms with Crippen molar-refractivity contribution in [2.24, 2.45) is 0 Å². The zero-order valence-corrected chi connectivity index (χ0v) is 5.88. The van der Waals surface area contributed by atoms with Gasteiger partial charge in [-0.2, -0.15) is 0 Å². The number of benzene rings is 1. The summed E-state index contributed by atoms with van der Waals surface area (Å²) in [7, 11) is 0. The first-order valence-electron chi connectivity index (χ1n) is 3.22. The Labute approximate surface area is 79.8 Å². The van der Waals surface area contributed by atoms with Gasteiger partial charge in [-0.25, -0.2) is 0 Å². The van der Waals surface area contributed by atoms with Gasteiger partial charge in [-0.05, 0) is 11.1 Å². The van der Waals surface area contributed by atoms with Gasteiger partial charge in [-0.15, -0.1) is 0 Å². The van der Waals surface area contributed by atoms with Crippen molar-refractivity contribution in [3.8, 4) is 0 Å². The van der Waals surface area contributed by atoms with Gasteiger partial charge >= 0.3 is 18.9 Å². The van der Waals surface area contributed by atoms with E-state index < -0.39 is 0 Å². The molecule has 0 fully saturated rings. The number of hydrogen-bond donors (Lipinski definition) is 0. The third-order valence-electron chi connectivity index (χ3n) is 1.41. The second kappa shape index (κ2) is 5.02. The van der Waals surface area contributed by atoms with E-state index in [1.165, 1.54) is 0 Å². The van der Waals surface area contributed by atoms with Gasteiger partial charge in [0.2, 0.25) is 0 Å². The molecule has 0 unspecified atom stereocenters. The fraction of sp³-hybridized carbons (Fsp3) is 0. The number of hydrogen-bond acceptors (Lipinski definition) is 0. The average Bonchev–Trinajstić information content (AvgIpc) is 2.05. The predicted molar refractivity (Wildman–Crippen MR) is 53.8 cm³/mol. The van der Waals surface area contributed by atoms with Crippen LogP contribution >= 0.6 is 0 Å². The van der Waals surface area contributed by atoms with Crippen molar-refractivity contribution in [1.29, 1.82) is 0 Å². The van der Waals surface area contributed by atoms with E-state index in [-0.39, 0.29) is 18.9 Å². The molecule has 0 radical (unpaired) electrons. The molecule has 1 aromatic carbocycles. The summed E-state index contributed by atoms with van der Waals surface area (Å²) in [5.41, 5.74) is 2.29. The zero-order valence-electron chi connectivity index (χ0n) is 5.88. The van der Waals surface area contributed by atoms with Crippen LogP contribution in [0.15, 0.2) is 37.4 Å². The normalized spacial score (nSPS) is 8.00. The molecule has 0 saturated heterocycles. The van der Waals surface area contributed by atoms with Crippen molar-refractivity contribution in [3.05, 3.63) is 48.6 Å². The molecular formula is C10H11Li. The van der Waals surface area contributed by atoms with Crippen molar-refractivity contribution in [1.82, 2.24) is 0 Å². The van der Waals surface area contributed by atoms with Crippen LogP contribution < -0.4 is 0 Å². The fourth-order valence-corrected chi connectivity index (χ4v) is 0.768. The summed E-state index contributed by atoms with van der Waals surface area (Å²) in [4.78, 5) is 0. The summed E-state index contributed by atoms with van der Waals surface area (Å²) in [6.07, 6.45) is 3.65. The van der Waals surface area contributed by atoms with E-state index in [9.17, 15) is 0 Å². The Kier molecular flexibility index (Phi) is 4.69. The molecule has 0 atom stereocenters. The second-order valence-corrected chi connectivity index (χ2v) is 2.07. The van der Waals surface area contributed by atoms with Crippen molar-refractivity contribution in [2.75, 3.05) is 0 Å². The van der Waals surface area contributed by atoms with E-state index in [0.717, 1.165) is 11.1 Å². The molecule has 0 aromatic heterocycles. The van der Waals surface area contributed by atoms with Crippen LogP contribution in [0.3, 0.4) is 0 Å². The Bertz CT molecular complexity index is 207. The topological polar surface area (TPSA) is 0 Å². The first-order chi connectivity index (χ1) is 4.86. The molecule has 0 aliphatic rings. The van der Waals surface area contributed by atoms with Gasteiger partial charge in [0.05, 0.1) is 0 Å². The Morgan fingerprint density at radius 3 is 1.27 bits per heavy atom. The summed E-state index contributed by atoms with van der Waals surface area (Å²) in [6.45, 7) is 7.32. The third kappa shape index (κ3) is 2.80. The van der Waals surface area contributed by atoms with E-state index in [2.05, 4.69) is 13.2 Å². The molecule has 0 N–H and O–H groups in total. The van der Waals surface area contributed by atoms with Gasteiger partial charge in [0.25, 0.3) is 0 Å². The maximum absolute atomic E-state index is 3.66. The van der Waals surface area contributed by atoms with Gasteiger partial charge in [0.15, 0.2) is 0 Å². The van der Waals surface area contributed by atoms with Crippen LogP contribution in [0.2, 0.25) is 0 Å². The molecule has 0 aliphatic heterocycles. The summed E-state index contributed by atoms with van der Waals surface area (Å²) < 4.78 is 0. The van der Waals surface area contributed by atoms with Crippen LogP contribution in [0.5, 0.6) is 0 Å². The molecule has 0 aliphatic carbocycles. The Hall–Kier alpha value is -0.703. The molecule has 0 nitrogen and oxygen atoms in total. The van der Waals surface area contributed by atoms with Crippen LogP contribution in [0.25, 0.3) is 12.2 Å². The van der Waals surface area contributed by atoms with Crippen LogP contribution in [-0.4, -0.2) is 18.9 Å². The van der Waals surface area contributed by atoms with Crippen LogP contribution in [0, 0.1) is 0 Å². The molecule has 0 heterocycles. The first kappa shape index (κ1) is 10.3. The number of rotatable bonds is 2. The summed E-state index contributed by atoms with van der Waals surface area (Å²) in [5, 5.41) is 0. The maximum atomic E-state index is 3.66. The van der Waals surface area contributed by atoms with E-state index in [0.29, 0.717) is 0 Å². The van der Waals surface area contributed by atoms with E-state index in [1.807, 2.05) is 36.4 Å². The van der Waals surface area contributed by atoms with Crippen molar-refractivity contribution in [3.63, 3.8) is 0 Å². The van der Waals surface area contributed by atoms with E-state index in [4.69, 9.17) is 0 Å². The van der Waals surface area contributed by atoms with E-state index >= 15 is 0 Å². The zero-order chi connectivity index (χ0) is 7.40. The fourth-order valence-electron chi connectivity index (χ4n) is 0.768.